The van der Waals surface area contributed by atoms with Crippen LogP contribution in [0.25, 0.3) is 22.0 Å². The van der Waals surface area contributed by atoms with E-state index in [2.05, 4.69) is 17.2 Å². The highest BCUT2D eigenvalue weighted by molar-refractivity contribution is 7.89. The van der Waals surface area contributed by atoms with Gasteiger partial charge < -0.3 is 20.6 Å². The lowest BCUT2D eigenvalue weighted by atomic mass is 9.88. The molecular formula is C26H33FN4O2S. The number of halogens is 1. The zero-order valence-corrected chi connectivity index (χ0v) is 20.6. The first kappa shape index (κ1) is 24.7. The molecule has 1 saturated heterocycles. The number of hydrogen-bond donors (Lipinski definition) is 3. The second-order valence-corrected chi connectivity index (χ2v) is 10.6. The van der Waals surface area contributed by atoms with E-state index in [1.165, 1.54) is 12.1 Å². The molecule has 0 spiro atoms. The third-order valence-corrected chi connectivity index (χ3v) is 8.00. The van der Waals surface area contributed by atoms with E-state index in [0.717, 1.165) is 66.5 Å². The van der Waals surface area contributed by atoms with Crippen LogP contribution in [-0.2, 0) is 17.9 Å². The van der Waals surface area contributed by atoms with Gasteiger partial charge in [0.05, 0.1) is 11.1 Å². The zero-order valence-electron chi connectivity index (χ0n) is 19.8. The number of fused-ring (bicyclic) bond motifs is 1. The third kappa shape index (κ3) is 5.30. The van der Waals surface area contributed by atoms with Crippen LogP contribution in [0.5, 0.6) is 0 Å². The number of nitrogens with one attached hydrogen (secondary N) is 2. The smallest absolute Gasteiger partial charge is 0.250 e. The molecule has 6 nitrogen and oxygen atoms in total. The lowest BCUT2D eigenvalue weighted by Crippen LogP contribution is -2.38. The Morgan fingerprint density at radius 2 is 1.94 bits per heavy atom. The van der Waals surface area contributed by atoms with E-state index in [1.54, 1.807) is 6.07 Å². The Hall–Kier alpha value is -2.39. The number of nitrogens with zero attached hydrogens (tertiary/aromatic N) is 1. The molecule has 4 rings (SSSR count). The van der Waals surface area contributed by atoms with Crippen LogP contribution < -0.4 is 11.1 Å². The highest BCUT2D eigenvalue weighted by atomic mass is 32.2. The van der Waals surface area contributed by atoms with Crippen LogP contribution in [0, 0.1) is 5.82 Å². The minimum absolute atomic E-state index is 0.288. The Bertz CT molecular complexity index is 1160. The molecule has 34 heavy (non-hydrogen) atoms. The molecule has 0 radical (unpaired) electrons. The summed E-state index contributed by atoms with van der Waals surface area (Å²) in [7, 11) is 0. The maximum absolute atomic E-state index is 14.5. The Labute approximate surface area is 203 Å². The third-order valence-electron chi connectivity index (χ3n) is 6.56. The van der Waals surface area contributed by atoms with E-state index in [-0.39, 0.29) is 11.7 Å². The SMILES string of the molecule is CCCNCc1cc(F)cc(-c2cc(C(N)=O)c3[nH]cc(C4CCN([S+]([O-])CC)CC4)c3c2)c1. The Kier molecular flexibility index (Phi) is 7.93. The lowest BCUT2D eigenvalue weighted by molar-refractivity contribution is 0.100. The molecule has 1 atom stereocenters. The molecule has 1 amide bonds. The molecule has 1 fully saturated rings. The number of H-pyrrole nitrogens is 1. The highest BCUT2D eigenvalue weighted by Gasteiger charge is 2.28. The number of carbonyl (C=O) groups is 1. The monoisotopic (exact) mass is 484 g/mol. The number of primary amides is 1. The van der Waals surface area contributed by atoms with Crippen molar-refractivity contribution in [1.82, 2.24) is 14.6 Å². The summed E-state index contributed by atoms with van der Waals surface area (Å²) < 4.78 is 28.7. The minimum atomic E-state index is -0.925. The summed E-state index contributed by atoms with van der Waals surface area (Å²) in [4.78, 5) is 15.6. The molecule has 182 valence electrons. The molecule has 0 bridgehead atoms. The van der Waals surface area contributed by atoms with Gasteiger partial charge in [-0.25, -0.2) is 4.39 Å². The van der Waals surface area contributed by atoms with Gasteiger partial charge in [0.25, 0.3) is 5.91 Å². The van der Waals surface area contributed by atoms with Gasteiger partial charge in [-0.3, -0.25) is 4.79 Å². The number of hydrogen-bond acceptors (Lipinski definition) is 4. The Balaban J connectivity index is 1.71. The standard InChI is InChI=1S/C26H33FN4O2S/c1-3-7-29-15-17-10-19(12-21(27)11-17)20-13-22-24(16-30-25(22)23(14-20)26(28)32)18-5-8-31(9-6-18)34(33)4-2/h10-14,16,18,29-30H,3-9,15H2,1-2H3,(H2,28,32). The molecule has 1 aromatic heterocycles. The lowest BCUT2D eigenvalue weighted by Gasteiger charge is -2.31. The Morgan fingerprint density at radius 1 is 1.21 bits per heavy atom. The average Bonchev–Trinajstić information content (AvgIpc) is 3.26. The fourth-order valence-electron chi connectivity index (χ4n) is 4.83. The van der Waals surface area contributed by atoms with Gasteiger partial charge in [0, 0.05) is 42.6 Å². The van der Waals surface area contributed by atoms with Gasteiger partial charge in [-0.15, -0.1) is 4.31 Å². The molecule has 8 heteroatoms. The summed E-state index contributed by atoms with van der Waals surface area (Å²) in [6.07, 6.45) is 4.75. The van der Waals surface area contributed by atoms with E-state index in [4.69, 9.17) is 5.73 Å². The number of aromatic nitrogens is 1. The van der Waals surface area contributed by atoms with Crippen molar-refractivity contribution in [3.05, 3.63) is 59.0 Å². The number of benzene rings is 2. The summed E-state index contributed by atoms with van der Waals surface area (Å²) >= 11 is -0.925. The van der Waals surface area contributed by atoms with Gasteiger partial charge in [-0.2, -0.15) is 0 Å². The van der Waals surface area contributed by atoms with E-state index in [0.29, 0.717) is 23.4 Å². The van der Waals surface area contributed by atoms with Crippen LogP contribution in [0.15, 0.2) is 36.5 Å². The number of nitrogens with two attached hydrogens (primary N) is 1. The van der Waals surface area contributed by atoms with Crippen LogP contribution in [0.2, 0.25) is 0 Å². The van der Waals surface area contributed by atoms with Crippen LogP contribution in [0.1, 0.15) is 60.5 Å². The predicted octanol–water partition coefficient (Wildman–Crippen LogP) is 4.44. The van der Waals surface area contributed by atoms with Crippen LogP contribution in [0.3, 0.4) is 0 Å². The predicted molar refractivity (Wildman–Crippen MR) is 136 cm³/mol. The molecular weight excluding hydrogens is 451 g/mol. The first-order chi connectivity index (χ1) is 16.4. The molecule has 3 aromatic rings. The van der Waals surface area contributed by atoms with Crippen LogP contribution in [0.4, 0.5) is 4.39 Å². The van der Waals surface area contributed by atoms with E-state index >= 15 is 0 Å². The molecule has 1 unspecified atom stereocenters. The maximum Gasteiger partial charge on any atom is 0.250 e. The molecule has 0 saturated carbocycles. The van der Waals surface area contributed by atoms with Gasteiger partial charge >= 0.3 is 0 Å². The van der Waals surface area contributed by atoms with Crippen molar-refractivity contribution in [3.8, 4) is 11.1 Å². The van der Waals surface area contributed by atoms with Crippen LogP contribution in [-0.4, -0.2) is 45.1 Å². The van der Waals surface area contributed by atoms with Gasteiger partial charge in [0.2, 0.25) is 0 Å². The fraction of sp³-hybridized carbons (Fsp3) is 0.423. The van der Waals surface area contributed by atoms with Crippen molar-refractivity contribution >= 4 is 28.2 Å². The van der Waals surface area contributed by atoms with Crippen molar-refractivity contribution in [3.63, 3.8) is 0 Å². The van der Waals surface area contributed by atoms with Crippen molar-refractivity contribution in [1.29, 1.82) is 0 Å². The number of aromatic amines is 1. The number of amides is 1. The summed E-state index contributed by atoms with van der Waals surface area (Å²) in [5.74, 6) is 0.0926. The first-order valence-electron chi connectivity index (χ1n) is 12.0. The van der Waals surface area contributed by atoms with E-state index < -0.39 is 17.3 Å². The summed E-state index contributed by atoms with van der Waals surface area (Å²) in [5.41, 5.74) is 10.3. The summed E-state index contributed by atoms with van der Waals surface area (Å²) in [5, 5.41) is 4.25. The minimum Gasteiger partial charge on any atom is -0.598 e. The number of carbonyl (C=O) groups excluding carboxylic acids is 1. The topological polar surface area (TPSA) is 97.2 Å². The van der Waals surface area contributed by atoms with Gasteiger partial charge in [0.15, 0.2) is 0 Å². The molecule has 0 aliphatic carbocycles. The van der Waals surface area contributed by atoms with Crippen molar-refractivity contribution in [2.24, 2.45) is 5.73 Å². The normalized spacial score (nSPS) is 16.2. The second-order valence-electron chi connectivity index (χ2n) is 8.89. The number of piperidine rings is 1. The Morgan fingerprint density at radius 3 is 2.62 bits per heavy atom. The largest absolute Gasteiger partial charge is 0.598 e. The van der Waals surface area contributed by atoms with Crippen LogP contribution >= 0.6 is 0 Å². The van der Waals surface area contributed by atoms with E-state index in [1.807, 2.05) is 29.6 Å². The van der Waals surface area contributed by atoms with Gasteiger partial charge in [-0.1, -0.05) is 6.92 Å². The van der Waals surface area contributed by atoms with Crippen molar-refractivity contribution in [2.75, 3.05) is 25.4 Å². The van der Waals surface area contributed by atoms with Crippen molar-refractivity contribution in [2.45, 2.75) is 45.6 Å². The molecule has 4 N–H and O–H groups in total. The summed E-state index contributed by atoms with van der Waals surface area (Å²) in [6, 6.07) is 8.77. The van der Waals surface area contributed by atoms with Gasteiger partial charge in [-0.05, 0) is 91.2 Å². The van der Waals surface area contributed by atoms with E-state index in [9.17, 15) is 13.7 Å². The first-order valence-corrected chi connectivity index (χ1v) is 13.3. The molecule has 1 aliphatic rings. The molecule has 1 aliphatic heterocycles. The zero-order chi connectivity index (χ0) is 24.2. The quantitative estimate of drug-likeness (QED) is 0.309. The molecule has 2 aromatic carbocycles. The summed E-state index contributed by atoms with van der Waals surface area (Å²) in [6.45, 7) is 7.02. The second kappa shape index (κ2) is 10.9. The van der Waals surface area contributed by atoms with Crippen molar-refractivity contribution < 1.29 is 13.7 Å². The van der Waals surface area contributed by atoms with Gasteiger partial charge in [0.1, 0.15) is 11.6 Å². The highest BCUT2D eigenvalue weighted by Crippen LogP contribution is 2.37. The maximum atomic E-state index is 14.5. The molecule has 2 heterocycles. The average molecular weight is 485 g/mol. The number of rotatable bonds is 9. The fourth-order valence-corrected chi connectivity index (χ4v) is 5.82.